The van der Waals surface area contributed by atoms with E-state index in [0.29, 0.717) is 0 Å². The number of fused-ring (bicyclic) bond motifs is 1. The van der Waals surface area contributed by atoms with E-state index < -0.39 is 0 Å². The van der Waals surface area contributed by atoms with Crippen molar-refractivity contribution in [1.82, 2.24) is 10.2 Å². The molecule has 3 heterocycles. The summed E-state index contributed by atoms with van der Waals surface area (Å²) in [4.78, 5) is 2.74. The third-order valence-corrected chi connectivity index (χ3v) is 6.50. The maximum Gasteiger partial charge on any atom is 0.127 e. The molecule has 0 saturated carbocycles. The summed E-state index contributed by atoms with van der Waals surface area (Å²) in [5, 5.41) is 3.77. The Hall–Kier alpha value is -1.30. The van der Waals surface area contributed by atoms with Gasteiger partial charge in [-0.05, 0) is 57.8 Å². The third-order valence-electron chi connectivity index (χ3n) is 6.50. The molecule has 0 radical (unpaired) electrons. The van der Waals surface area contributed by atoms with E-state index in [1.54, 1.807) is 7.11 Å². The topological polar surface area (TPSA) is 43.0 Å². The molecule has 150 valence electrons. The molecule has 3 aliphatic rings. The van der Waals surface area contributed by atoms with Crippen molar-refractivity contribution in [2.75, 3.05) is 40.0 Å². The van der Waals surface area contributed by atoms with Gasteiger partial charge >= 0.3 is 0 Å². The zero-order valence-electron chi connectivity index (χ0n) is 16.9. The van der Waals surface area contributed by atoms with Gasteiger partial charge in [0.05, 0.1) is 7.11 Å². The van der Waals surface area contributed by atoms with Gasteiger partial charge in [-0.1, -0.05) is 6.42 Å². The molecular weight excluding hydrogens is 340 g/mol. The summed E-state index contributed by atoms with van der Waals surface area (Å²) >= 11 is 0. The maximum absolute atomic E-state index is 6.10. The van der Waals surface area contributed by atoms with E-state index >= 15 is 0 Å². The fraction of sp³-hybridized carbons (Fsp3) is 0.727. The van der Waals surface area contributed by atoms with Crippen LogP contribution in [0, 0.1) is 0 Å². The first-order valence-corrected chi connectivity index (χ1v) is 10.6. The van der Waals surface area contributed by atoms with Crippen molar-refractivity contribution in [3.63, 3.8) is 0 Å². The van der Waals surface area contributed by atoms with Gasteiger partial charge in [-0.3, -0.25) is 4.90 Å². The van der Waals surface area contributed by atoms with Crippen molar-refractivity contribution in [3.05, 3.63) is 23.3 Å². The van der Waals surface area contributed by atoms with Crippen LogP contribution in [0.3, 0.4) is 0 Å². The second-order valence-corrected chi connectivity index (χ2v) is 8.40. The van der Waals surface area contributed by atoms with E-state index in [2.05, 4.69) is 29.3 Å². The van der Waals surface area contributed by atoms with E-state index in [1.165, 1.54) is 43.5 Å². The van der Waals surface area contributed by atoms with Crippen molar-refractivity contribution in [1.29, 1.82) is 0 Å². The minimum Gasteiger partial charge on any atom is -0.497 e. The zero-order chi connectivity index (χ0) is 18.7. The Balaban J connectivity index is 1.45. The molecule has 1 aromatic rings. The van der Waals surface area contributed by atoms with Crippen LogP contribution in [0.5, 0.6) is 11.5 Å². The van der Waals surface area contributed by atoms with Gasteiger partial charge in [-0.15, -0.1) is 0 Å². The van der Waals surface area contributed by atoms with Crippen LogP contribution in [0.15, 0.2) is 12.1 Å². The fourth-order valence-corrected chi connectivity index (χ4v) is 4.98. The van der Waals surface area contributed by atoms with Crippen LogP contribution in [0.2, 0.25) is 0 Å². The molecule has 1 N–H and O–H groups in total. The number of ether oxygens (including phenoxy) is 3. The average molecular weight is 375 g/mol. The van der Waals surface area contributed by atoms with Crippen molar-refractivity contribution in [2.45, 2.75) is 63.6 Å². The summed E-state index contributed by atoms with van der Waals surface area (Å²) in [5.74, 6) is 2.00. The number of likely N-dealkylation sites (tertiary alicyclic amines) is 1. The molecule has 2 saturated heterocycles. The second kappa shape index (κ2) is 8.38. The molecule has 1 atom stereocenters. The number of methoxy groups -OCH3 is 1. The largest absolute Gasteiger partial charge is 0.497 e. The minimum atomic E-state index is 0.245. The van der Waals surface area contributed by atoms with E-state index in [9.17, 15) is 0 Å². The highest BCUT2D eigenvalue weighted by Gasteiger charge is 2.38. The number of hydrogen-bond acceptors (Lipinski definition) is 5. The number of piperidine rings is 1. The van der Waals surface area contributed by atoms with Gasteiger partial charge in [0.2, 0.25) is 0 Å². The van der Waals surface area contributed by atoms with Crippen molar-refractivity contribution in [2.24, 2.45) is 0 Å². The number of hydrogen-bond donors (Lipinski definition) is 1. The normalized spacial score (nSPS) is 25.0. The molecule has 4 rings (SSSR count). The van der Waals surface area contributed by atoms with Crippen LogP contribution in [0.25, 0.3) is 0 Å². The lowest BCUT2D eigenvalue weighted by atomic mass is 9.86. The fourth-order valence-electron chi connectivity index (χ4n) is 4.98. The van der Waals surface area contributed by atoms with Crippen LogP contribution in [-0.2, 0) is 17.7 Å². The van der Waals surface area contributed by atoms with Crippen molar-refractivity contribution < 1.29 is 14.2 Å². The molecule has 0 aromatic heterocycles. The monoisotopic (exact) mass is 374 g/mol. The Labute approximate surface area is 163 Å². The van der Waals surface area contributed by atoms with Gasteiger partial charge < -0.3 is 19.5 Å². The van der Waals surface area contributed by atoms with Crippen LogP contribution >= 0.6 is 0 Å². The Bertz CT molecular complexity index is 637. The summed E-state index contributed by atoms with van der Waals surface area (Å²) in [6, 6.07) is 4.25. The summed E-state index contributed by atoms with van der Waals surface area (Å²) in [6.45, 7) is 8.20. The molecule has 0 bridgehead atoms. The molecule has 5 heteroatoms. The Kier molecular flexibility index (Phi) is 5.90. The predicted molar refractivity (Wildman–Crippen MR) is 107 cm³/mol. The first-order chi connectivity index (χ1) is 13.2. The average Bonchev–Trinajstić information content (AvgIpc) is 3.09. The summed E-state index contributed by atoms with van der Waals surface area (Å²) < 4.78 is 17.3. The highest BCUT2D eigenvalue weighted by Crippen LogP contribution is 2.36. The van der Waals surface area contributed by atoms with E-state index in [0.717, 1.165) is 57.1 Å². The first kappa shape index (κ1) is 19.0. The molecule has 3 aliphatic heterocycles. The van der Waals surface area contributed by atoms with Gasteiger partial charge in [-0.25, -0.2) is 0 Å². The lowest BCUT2D eigenvalue weighted by molar-refractivity contribution is -0.0358. The van der Waals surface area contributed by atoms with Crippen LogP contribution in [0.1, 0.15) is 50.2 Å². The molecule has 1 unspecified atom stereocenters. The van der Waals surface area contributed by atoms with E-state index in [1.807, 2.05) is 0 Å². The minimum absolute atomic E-state index is 0.245. The van der Waals surface area contributed by atoms with Gasteiger partial charge in [0.25, 0.3) is 0 Å². The maximum atomic E-state index is 6.10. The Morgan fingerprint density at radius 3 is 2.70 bits per heavy atom. The van der Waals surface area contributed by atoms with Gasteiger partial charge in [0.15, 0.2) is 0 Å². The van der Waals surface area contributed by atoms with Crippen LogP contribution in [0.4, 0.5) is 0 Å². The highest BCUT2D eigenvalue weighted by atomic mass is 16.5. The van der Waals surface area contributed by atoms with Gasteiger partial charge in [0.1, 0.15) is 17.6 Å². The van der Waals surface area contributed by atoms with Gasteiger partial charge in [-0.2, -0.15) is 0 Å². The van der Waals surface area contributed by atoms with Crippen LogP contribution < -0.4 is 14.8 Å². The summed E-state index contributed by atoms with van der Waals surface area (Å²) in [5.41, 5.74) is 2.74. The predicted octanol–water partition coefficient (Wildman–Crippen LogP) is 3.14. The quantitative estimate of drug-likeness (QED) is 0.829. The molecule has 0 aliphatic carbocycles. The number of rotatable bonds is 6. The molecule has 27 heavy (non-hydrogen) atoms. The number of benzene rings is 1. The van der Waals surface area contributed by atoms with Crippen LogP contribution in [-0.4, -0.2) is 56.5 Å². The zero-order valence-corrected chi connectivity index (χ0v) is 16.9. The lowest BCUT2D eigenvalue weighted by Crippen LogP contribution is -2.59. The van der Waals surface area contributed by atoms with Crippen molar-refractivity contribution in [3.8, 4) is 11.5 Å². The molecule has 2 fully saturated rings. The van der Waals surface area contributed by atoms with Crippen molar-refractivity contribution >= 4 is 0 Å². The lowest BCUT2D eigenvalue weighted by Gasteiger charge is -2.48. The molecular formula is C22H34N2O3. The van der Waals surface area contributed by atoms with E-state index in [4.69, 9.17) is 14.2 Å². The number of nitrogens with one attached hydrogen (secondary N) is 1. The standard InChI is InChI=1S/C22H34N2O3/c1-17-12-18-13-20(25-2)14-19(21(18)27-17)15-23-16-22(6-10-26-11-7-22)24-8-4-3-5-9-24/h13-14,17,23H,3-12,15-16H2,1-2H3. The first-order valence-electron chi connectivity index (χ1n) is 10.6. The molecule has 0 amide bonds. The molecule has 1 aromatic carbocycles. The molecule has 5 nitrogen and oxygen atoms in total. The smallest absolute Gasteiger partial charge is 0.127 e. The third kappa shape index (κ3) is 4.10. The van der Waals surface area contributed by atoms with E-state index in [-0.39, 0.29) is 11.6 Å². The summed E-state index contributed by atoms with van der Waals surface area (Å²) in [6.07, 6.45) is 7.51. The summed E-state index contributed by atoms with van der Waals surface area (Å²) in [7, 11) is 1.74. The Morgan fingerprint density at radius 2 is 1.96 bits per heavy atom. The highest BCUT2D eigenvalue weighted by molar-refractivity contribution is 5.49. The SMILES string of the molecule is COc1cc(CNCC2(N3CCCCC3)CCOCC2)c2c(c1)CC(C)O2. The Morgan fingerprint density at radius 1 is 1.19 bits per heavy atom. The second-order valence-electron chi connectivity index (χ2n) is 8.40. The van der Waals surface area contributed by atoms with Gasteiger partial charge in [0, 0.05) is 49.4 Å². The number of nitrogens with zero attached hydrogens (tertiary/aromatic N) is 1. The molecule has 0 spiro atoms.